The van der Waals surface area contributed by atoms with Crippen LogP contribution in [0.4, 0.5) is 18.9 Å². The van der Waals surface area contributed by atoms with Gasteiger partial charge >= 0.3 is 6.18 Å². The number of alkyl halides is 3. The van der Waals surface area contributed by atoms with Crippen LogP contribution >= 0.6 is 11.8 Å². The van der Waals surface area contributed by atoms with Crippen LogP contribution in [0.2, 0.25) is 0 Å². The molecule has 1 aliphatic heterocycles. The first-order chi connectivity index (χ1) is 14.3. The van der Waals surface area contributed by atoms with E-state index in [4.69, 9.17) is 4.52 Å². The molecular formula is C21H18F3N3O2S. The minimum atomic E-state index is -4.44. The van der Waals surface area contributed by atoms with E-state index in [-0.39, 0.29) is 35.0 Å². The zero-order valence-electron chi connectivity index (χ0n) is 16.0. The van der Waals surface area contributed by atoms with Gasteiger partial charge in [-0.3, -0.25) is 4.79 Å². The molecule has 156 valence electrons. The average Bonchev–Trinajstić information content (AvgIpc) is 3.31. The molecular weight excluding hydrogens is 415 g/mol. The van der Waals surface area contributed by atoms with Gasteiger partial charge in [0, 0.05) is 17.3 Å². The number of fused-ring (bicyclic) bond motifs is 1. The Kier molecular flexibility index (Phi) is 5.55. The van der Waals surface area contributed by atoms with Crippen molar-refractivity contribution in [3.8, 4) is 11.4 Å². The fourth-order valence-corrected chi connectivity index (χ4v) is 4.21. The topological polar surface area (TPSA) is 59.2 Å². The van der Waals surface area contributed by atoms with E-state index in [1.807, 2.05) is 36.1 Å². The minimum absolute atomic E-state index is 0.00457. The second kappa shape index (κ2) is 8.14. The summed E-state index contributed by atoms with van der Waals surface area (Å²) >= 11 is 1.33. The number of aromatic nitrogens is 2. The highest BCUT2D eigenvalue weighted by molar-refractivity contribution is 7.99. The third-order valence-electron chi connectivity index (χ3n) is 4.84. The molecule has 1 aliphatic rings. The fourth-order valence-electron chi connectivity index (χ4n) is 3.51. The molecule has 1 aromatic heterocycles. The van der Waals surface area contributed by atoms with Crippen LogP contribution in [0.25, 0.3) is 11.4 Å². The molecule has 30 heavy (non-hydrogen) atoms. The lowest BCUT2D eigenvalue weighted by Crippen LogP contribution is -2.37. The SMILES string of the molecule is CC1Cc2ccccc2N1C(=O)CSCc1nc(-c2cccc(C(F)(F)F)c2)no1. The van der Waals surface area contributed by atoms with Crippen LogP contribution in [0.3, 0.4) is 0 Å². The van der Waals surface area contributed by atoms with Gasteiger partial charge in [0.25, 0.3) is 0 Å². The van der Waals surface area contributed by atoms with Gasteiger partial charge in [0.05, 0.1) is 17.1 Å². The van der Waals surface area contributed by atoms with Crippen molar-refractivity contribution in [1.82, 2.24) is 10.1 Å². The van der Waals surface area contributed by atoms with Crippen molar-refractivity contribution >= 4 is 23.4 Å². The van der Waals surface area contributed by atoms with Crippen molar-refractivity contribution < 1.29 is 22.5 Å². The number of hydrogen-bond acceptors (Lipinski definition) is 5. The van der Waals surface area contributed by atoms with E-state index >= 15 is 0 Å². The van der Waals surface area contributed by atoms with Crippen molar-refractivity contribution in [2.75, 3.05) is 10.7 Å². The summed E-state index contributed by atoms with van der Waals surface area (Å²) < 4.78 is 43.8. The van der Waals surface area contributed by atoms with Crippen LogP contribution in [-0.4, -0.2) is 27.8 Å². The number of nitrogens with zero attached hydrogens (tertiary/aromatic N) is 3. The van der Waals surface area contributed by atoms with Gasteiger partial charge in [-0.25, -0.2) is 0 Å². The number of hydrogen-bond donors (Lipinski definition) is 0. The molecule has 1 amide bonds. The molecule has 0 fully saturated rings. The zero-order valence-corrected chi connectivity index (χ0v) is 16.8. The van der Waals surface area contributed by atoms with E-state index < -0.39 is 11.7 Å². The quantitative estimate of drug-likeness (QED) is 0.569. The van der Waals surface area contributed by atoms with Crippen LogP contribution in [0, 0.1) is 0 Å². The van der Waals surface area contributed by atoms with Crippen LogP contribution in [0.5, 0.6) is 0 Å². The van der Waals surface area contributed by atoms with Gasteiger partial charge in [-0.1, -0.05) is 35.5 Å². The first-order valence-electron chi connectivity index (χ1n) is 9.31. The van der Waals surface area contributed by atoms with E-state index in [1.54, 1.807) is 0 Å². The summed E-state index contributed by atoms with van der Waals surface area (Å²) in [4.78, 5) is 18.7. The second-order valence-electron chi connectivity index (χ2n) is 7.03. The Morgan fingerprint density at radius 2 is 2.03 bits per heavy atom. The molecule has 5 nitrogen and oxygen atoms in total. The third kappa shape index (κ3) is 4.21. The fraction of sp³-hybridized carbons (Fsp3) is 0.286. The van der Waals surface area contributed by atoms with E-state index in [1.165, 1.54) is 23.9 Å². The number of anilines is 1. The Hall–Kier alpha value is -2.81. The monoisotopic (exact) mass is 433 g/mol. The second-order valence-corrected chi connectivity index (χ2v) is 8.01. The summed E-state index contributed by atoms with van der Waals surface area (Å²) in [5, 5.41) is 3.76. The molecule has 0 saturated carbocycles. The largest absolute Gasteiger partial charge is 0.416 e. The highest BCUT2D eigenvalue weighted by atomic mass is 32.2. The number of rotatable bonds is 5. The normalized spacial score (nSPS) is 16.0. The summed E-state index contributed by atoms with van der Waals surface area (Å²) in [6, 6.07) is 12.7. The summed E-state index contributed by atoms with van der Waals surface area (Å²) in [6.45, 7) is 2.02. The molecule has 1 atom stereocenters. The number of para-hydroxylation sites is 1. The Morgan fingerprint density at radius 3 is 2.83 bits per heavy atom. The Bertz CT molecular complexity index is 1070. The van der Waals surface area contributed by atoms with E-state index in [2.05, 4.69) is 10.1 Å². The predicted molar refractivity (Wildman–Crippen MR) is 108 cm³/mol. The van der Waals surface area contributed by atoms with Crippen LogP contribution in [0.1, 0.15) is 23.9 Å². The molecule has 9 heteroatoms. The molecule has 0 bridgehead atoms. The molecule has 2 aromatic carbocycles. The average molecular weight is 433 g/mol. The van der Waals surface area contributed by atoms with E-state index in [9.17, 15) is 18.0 Å². The van der Waals surface area contributed by atoms with Crippen molar-refractivity contribution in [1.29, 1.82) is 0 Å². The molecule has 0 radical (unpaired) electrons. The lowest BCUT2D eigenvalue weighted by atomic mass is 10.1. The standard InChI is InChI=1S/C21H18F3N3O2S/c1-13-9-14-5-2-3-8-17(14)27(13)19(28)12-30-11-18-25-20(26-29-18)15-6-4-7-16(10-15)21(22,23)24/h2-8,10,13H,9,11-12H2,1H3. The Labute approximate surface area is 175 Å². The van der Waals surface area contributed by atoms with Gasteiger partial charge in [0.2, 0.25) is 17.6 Å². The zero-order chi connectivity index (χ0) is 21.3. The van der Waals surface area contributed by atoms with Crippen LogP contribution < -0.4 is 4.90 Å². The number of thioether (sulfide) groups is 1. The lowest BCUT2D eigenvalue weighted by Gasteiger charge is -2.22. The minimum Gasteiger partial charge on any atom is -0.338 e. The highest BCUT2D eigenvalue weighted by Gasteiger charge is 2.31. The summed E-state index contributed by atoms with van der Waals surface area (Å²) in [7, 11) is 0. The maximum atomic E-state index is 12.9. The van der Waals surface area contributed by atoms with Crippen LogP contribution in [0.15, 0.2) is 53.1 Å². The smallest absolute Gasteiger partial charge is 0.338 e. The van der Waals surface area contributed by atoms with E-state index in [0.717, 1.165) is 29.8 Å². The molecule has 4 rings (SSSR count). The van der Waals surface area contributed by atoms with Crippen molar-refractivity contribution in [2.24, 2.45) is 0 Å². The summed E-state index contributed by atoms with van der Waals surface area (Å²) in [6.07, 6.45) is -3.61. The van der Waals surface area contributed by atoms with Crippen LogP contribution in [-0.2, 0) is 23.1 Å². The maximum absolute atomic E-state index is 12.9. The number of carbonyl (C=O) groups is 1. The van der Waals surface area contributed by atoms with Gasteiger partial charge < -0.3 is 9.42 Å². The lowest BCUT2D eigenvalue weighted by molar-refractivity contribution is -0.137. The maximum Gasteiger partial charge on any atom is 0.416 e. The summed E-state index contributed by atoms with van der Waals surface area (Å²) in [5.74, 6) is 0.872. The first kappa shape index (κ1) is 20.5. The van der Waals surface area contributed by atoms with Crippen molar-refractivity contribution in [2.45, 2.75) is 31.3 Å². The van der Waals surface area contributed by atoms with Crippen molar-refractivity contribution in [3.63, 3.8) is 0 Å². The Morgan fingerprint density at radius 1 is 1.23 bits per heavy atom. The highest BCUT2D eigenvalue weighted by Crippen LogP contribution is 2.33. The molecule has 0 N–H and O–H groups in total. The predicted octanol–water partition coefficient (Wildman–Crippen LogP) is 4.97. The molecule has 2 heterocycles. The summed E-state index contributed by atoms with van der Waals surface area (Å²) in [5.41, 5.74) is 1.56. The number of benzene rings is 2. The van der Waals surface area contributed by atoms with E-state index in [0.29, 0.717) is 5.75 Å². The molecule has 1 unspecified atom stereocenters. The van der Waals surface area contributed by atoms with Crippen molar-refractivity contribution in [3.05, 3.63) is 65.5 Å². The number of amides is 1. The third-order valence-corrected chi connectivity index (χ3v) is 5.75. The van der Waals surface area contributed by atoms with Gasteiger partial charge in [0.1, 0.15) is 0 Å². The van der Waals surface area contributed by atoms with Gasteiger partial charge in [-0.05, 0) is 37.1 Å². The van der Waals surface area contributed by atoms with Gasteiger partial charge in [-0.2, -0.15) is 18.2 Å². The Balaban J connectivity index is 1.37. The number of halogens is 3. The van der Waals surface area contributed by atoms with Gasteiger partial charge in [-0.15, -0.1) is 11.8 Å². The first-order valence-corrected chi connectivity index (χ1v) is 10.5. The molecule has 0 spiro atoms. The van der Waals surface area contributed by atoms with Gasteiger partial charge in [0.15, 0.2) is 0 Å². The number of carbonyl (C=O) groups excluding carboxylic acids is 1. The molecule has 3 aromatic rings. The molecule has 0 saturated heterocycles. The molecule has 0 aliphatic carbocycles.